The lowest BCUT2D eigenvalue weighted by Crippen LogP contribution is -2.14. The number of hydrogen-bond donors (Lipinski definition) is 2. The van der Waals surface area contributed by atoms with Crippen LogP contribution in [0.1, 0.15) is 24.0 Å². The van der Waals surface area contributed by atoms with Gasteiger partial charge in [-0.1, -0.05) is 0 Å². The van der Waals surface area contributed by atoms with Gasteiger partial charge in [-0.25, -0.2) is 9.97 Å². The Morgan fingerprint density at radius 2 is 2.13 bits per heavy atom. The molecular formula is C8H10F3N3O. The maximum atomic E-state index is 12.2. The van der Waals surface area contributed by atoms with Gasteiger partial charge in [0, 0.05) is 6.20 Å². The first-order chi connectivity index (χ1) is 6.95. The molecule has 7 heteroatoms. The fourth-order valence-corrected chi connectivity index (χ4v) is 0.979. The van der Waals surface area contributed by atoms with E-state index in [0.717, 1.165) is 12.3 Å². The van der Waals surface area contributed by atoms with Crippen LogP contribution in [0, 0.1) is 0 Å². The zero-order valence-electron chi connectivity index (χ0n) is 7.70. The van der Waals surface area contributed by atoms with Crippen molar-refractivity contribution in [2.75, 3.05) is 6.54 Å². The minimum absolute atomic E-state index is 0.126. The molecule has 1 aromatic rings. The SMILES string of the molecule is NCCC(O)c1nccc(C(F)(F)F)n1. The van der Waals surface area contributed by atoms with Crippen molar-refractivity contribution in [2.24, 2.45) is 5.73 Å². The van der Waals surface area contributed by atoms with Gasteiger partial charge in [0.25, 0.3) is 0 Å². The summed E-state index contributed by atoms with van der Waals surface area (Å²) in [5, 5.41) is 9.34. The van der Waals surface area contributed by atoms with Gasteiger partial charge in [0.2, 0.25) is 0 Å². The molecule has 15 heavy (non-hydrogen) atoms. The molecule has 1 unspecified atom stereocenters. The Hall–Kier alpha value is -1.21. The summed E-state index contributed by atoms with van der Waals surface area (Å²) < 4.78 is 36.7. The minimum Gasteiger partial charge on any atom is -0.385 e. The van der Waals surface area contributed by atoms with Gasteiger partial charge in [-0.3, -0.25) is 0 Å². The largest absolute Gasteiger partial charge is 0.433 e. The van der Waals surface area contributed by atoms with E-state index < -0.39 is 18.0 Å². The standard InChI is InChI=1S/C8H10F3N3O/c9-8(10,11)6-2-4-13-7(14-6)5(15)1-3-12/h2,4-5,15H,1,3,12H2. The van der Waals surface area contributed by atoms with Crippen molar-refractivity contribution in [1.82, 2.24) is 9.97 Å². The molecule has 84 valence electrons. The second kappa shape index (κ2) is 4.54. The Bertz CT molecular complexity index is 329. The highest BCUT2D eigenvalue weighted by atomic mass is 19.4. The van der Waals surface area contributed by atoms with E-state index >= 15 is 0 Å². The molecule has 1 atom stereocenters. The van der Waals surface area contributed by atoms with Crippen molar-refractivity contribution in [3.05, 3.63) is 23.8 Å². The molecular weight excluding hydrogens is 211 g/mol. The number of aliphatic hydroxyl groups excluding tert-OH is 1. The summed E-state index contributed by atoms with van der Waals surface area (Å²) in [4.78, 5) is 6.78. The summed E-state index contributed by atoms with van der Waals surface area (Å²) in [7, 11) is 0. The molecule has 0 amide bonds. The monoisotopic (exact) mass is 221 g/mol. The molecule has 0 fully saturated rings. The highest BCUT2D eigenvalue weighted by Crippen LogP contribution is 2.27. The van der Waals surface area contributed by atoms with Gasteiger partial charge in [-0.15, -0.1) is 0 Å². The zero-order chi connectivity index (χ0) is 11.5. The Morgan fingerprint density at radius 3 is 2.67 bits per heavy atom. The van der Waals surface area contributed by atoms with E-state index in [1.54, 1.807) is 0 Å². The molecule has 0 aliphatic rings. The van der Waals surface area contributed by atoms with Crippen LogP contribution in [0.4, 0.5) is 13.2 Å². The molecule has 4 nitrogen and oxygen atoms in total. The smallest absolute Gasteiger partial charge is 0.385 e. The van der Waals surface area contributed by atoms with Crippen LogP contribution in [0.15, 0.2) is 12.3 Å². The number of aliphatic hydroxyl groups is 1. The van der Waals surface area contributed by atoms with Crippen LogP contribution in [0.25, 0.3) is 0 Å². The van der Waals surface area contributed by atoms with Crippen molar-refractivity contribution >= 4 is 0 Å². The molecule has 0 aliphatic carbocycles. The van der Waals surface area contributed by atoms with E-state index in [1.807, 2.05) is 0 Å². The van der Waals surface area contributed by atoms with Gasteiger partial charge >= 0.3 is 6.18 Å². The number of aromatic nitrogens is 2. The van der Waals surface area contributed by atoms with Crippen LogP contribution in [-0.4, -0.2) is 21.6 Å². The first-order valence-corrected chi connectivity index (χ1v) is 4.23. The van der Waals surface area contributed by atoms with Crippen molar-refractivity contribution in [1.29, 1.82) is 0 Å². The maximum absolute atomic E-state index is 12.2. The topological polar surface area (TPSA) is 72.0 Å². The second-order valence-electron chi connectivity index (χ2n) is 2.89. The van der Waals surface area contributed by atoms with E-state index in [4.69, 9.17) is 5.73 Å². The number of nitrogens with zero attached hydrogens (tertiary/aromatic N) is 2. The van der Waals surface area contributed by atoms with Crippen molar-refractivity contribution < 1.29 is 18.3 Å². The Morgan fingerprint density at radius 1 is 1.47 bits per heavy atom. The third-order valence-electron chi connectivity index (χ3n) is 1.70. The van der Waals surface area contributed by atoms with Crippen LogP contribution < -0.4 is 5.73 Å². The molecule has 0 aliphatic heterocycles. The zero-order valence-corrected chi connectivity index (χ0v) is 7.70. The summed E-state index contributed by atoms with van der Waals surface area (Å²) in [5.41, 5.74) is 4.09. The Balaban J connectivity index is 2.92. The molecule has 0 aromatic carbocycles. The average Bonchev–Trinajstić information content (AvgIpc) is 2.17. The maximum Gasteiger partial charge on any atom is 0.433 e. The third kappa shape index (κ3) is 3.14. The number of alkyl halides is 3. The lowest BCUT2D eigenvalue weighted by molar-refractivity contribution is -0.141. The third-order valence-corrected chi connectivity index (χ3v) is 1.70. The molecule has 3 N–H and O–H groups in total. The van der Waals surface area contributed by atoms with Gasteiger partial charge < -0.3 is 10.8 Å². The predicted octanol–water partition coefficient (Wildman–Crippen LogP) is 0.878. The molecule has 0 bridgehead atoms. The lowest BCUT2D eigenvalue weighted by Gasteiger charge is -2.10. The van der Waals surface area contributed by atoms with E-state index in [9.17, 15) is 18.3 Å². The van der Waals surface area contributed by atoms with Crippen molar-refractivity contribution in [2.45, 2.75) is 18.7 Å². The van der Waals surface area contributed by atoms with E-state index in [2.05, 4.69) is 9.97 Å². The van der Waals surface area contributed by atoms with E-state index in [1.165, 1.54) is 0 Å². The summed E-state index contributed by atoms with van der Waals surface area (Å²) in [6, 6.07) is 0.749. The molecule has 0 spiro atoms. The average molecular weight is 221 g/mol. The fourth-order valence-electron chi connectivity index (χ4n) is 0.979. The normalized spacial score (nSPS) is 13.9. The summed E-state index contributed by atoms with van der Waals surface area (Å²) in [6.45, 7) is 0.154. The molecule has 1 aromatic heterocycles. The fraction of sp³-hybridized carbons (Fsp3) is 0.500. The molecule has 0 saturated heterocycles. The van der Waals surface area contributed by atoms with Crippen molar-refractivity contribution in [3.8, 4) is 0 Å². The van der Waals surface area contributed by atoms with Gasteiger partial charge in [-0.2, -0.15) is 13.2 Å². The number of rotatable bonds is 3. The van der Waals surface area contributed by atoms with Crippen LogP contribution in [0.2, 0.25) is 0 Å². The van der Waals surface area contributed by atoms with Gasteiger partial charge in [0.15, 0.2) is 5.82 Å². The highest BCUT2D eigenvalue weighted by Gasteiger charge is 2.33. The summed E-state index contributed by atoms with van der Waals surface area (Å²) in [5.74, 6) is -0.254. The summed E-state index contributed by atoms with van der Waals surface area (Å²) in [6.07, 6.45) is -4.59. The molecule has 0 saturated carbocycles. The molecule has 0 radical (unpaired) electrons. The highest BCUT2D eigenvalue weighted by molar-refractivity contribution is 5.07. The Kier molecular flexibility index (Phi) is 3.59. The Labute approximate surface area is 84.0 Å². The molecule has 1 rings (SSSR count). The first kappa shape index (κ1) is 11.9. The van der Waals surface area contributed by atoms with E-state index in [0.29, 0.717) is 0 Å². The predicted molar refractivity (Wildman–Crippen MR) is 45.7 cm³/mol. The van der Waals surface area contributed by atoms with Gasteiger partial charge in [0.1, 0.15) is 11.8 Å². The number of hydrogen-bond acceptors (Lipinski definition) is 4. The van der Waals surface area contributed by atoms with E-state index in [-0.39, 0.29) is 18.8 Å². The van der Waals surface area contributed by atoms with Crippen LogP contribution >= 0.6 is 0 Å². The lowest BCUT2D eigenvalue weighted by atomic mass is 10.2. The van der Waals surface area contributed by atoms with Crippen molar-refractivity contribution in [3.63, 3.8) is 0 Å². The second-order valence-corrected chi connectivity index (χ2v) is 2.89. The van der Waals surface area contributed by atoms with Crippen LogP contribution in [0.5, 0.6) is 0 Å². The number of halogens is 3. The minimum atomic E-state index is -4.53. The summed E-state index contributed by atoms with van der Waals surface area (Å²) >= 11 is 0. The van der Waals surface area contributed by atoms with Crippen LogP contribution in [0.3, 0.4) is 0 Å². The number of nitrogens with two attached hydrogens (primary N) is 1. The quantitative estimate of drug-likeness (QED) is 0.794. The molecule has 1 heterocycles. The van der Waals surface area contributed by atoms with Crippen LogP contribution in [-0.2, 0) is 6.18 Å². The van der Waals surface area contributed by atoms with Gasteiger partial charge in [0.05, 0.1) is 0 Å². The van der Waals surface area contributed by atoms with Gasteiger partial charge in [-0.05, 0) is 19.0 Å². The first-order valence-electron chi connectivity index (χ1n) is 4.23.